The van der Waals surface area contributed by atoms with Crippen molar-refractivity contribution in [3.8, 4) is 0 Å². The van der Waals surface area contributed by atoms with E-state index in [1.165, 1.54) is 12.3 Å². The van der Waals surface area contributed by atoms with Crippen LogP contribution in [0, 0.1) is 12.7 Å². The minimum absolute atomic E-state index is 0.0150. The van der Waals surface area contributed by atoms with Crippen LogP contribution in [-0.4, -0.2) is 29.4 Å². The first-order chi connectivity index (χ1) is 13.6. The molecule has 1 N–H and O–H groups in total. The van der Waals surface area contributed by atoms with Gasteiger partial charge in [0.15, 0.2) is 0 Å². The van der Waals surface area contributed by atoms with Crippen molar-refractivity contribution < 1.29 is 14.3 Å². The van der Waals surface area contributed by atoms with Crippen LogP contribution >= 0.6 is 0 Å². The lowest BCUT2D eigenvalue weighted by molar-refractivity contribution is 0.0697. The van der Waals surface area contributed by atoms with Crippen LogP contribution in [-0.2, 0) is 0 Å². The fraction of sp³-hybridized carbons (Fsp3) is 0.417. The summed E-state index contributed by atoms with van der Waals surface area (Å²) in [6.45, 7) is 11.5. The third-order valence-corrected chi connectivity index (χ3v) is 5.75. The molecule has 0 radical (unpaired) electrons. The molecule has 3 rings (SSSR count). The molecule has 0 spiro atoms. The number of aryl methyl sites for hydroxylation is 1. The highest BCUT2D eigenvalue weighted by Crippen LogP contribution is 2.44. The second-order valence-electron chi connectivity index (χ2n) is 8.57. The van der Waals surface area contributed by atoms with Gasteiger partial charge in [0.05, 0.1) is 11.3 Å². The molecule has 1 atom stereocenters. The van der Waals surface area contributed by atoms with E-state index in [1.807, 2.05) is 13.0 Å². The van der Waals surface area contributed by atoms with E-state index < -0.39 is 5.97 Å². The molecule has 0 saturated heterocycles. The molecule has 0 bridgehead atoms. The number of fused-ring (bicyclic) bond motifs is 1. The Labute approximate surface area is 172 Å². The van der Waals surface area contributed by atoms with Crippen molar-refractivity contribution in [2.24, 2.45) is 4.99 Å². The van der Waals surface area contributed by atoms with E-state index in [1.54, 1.807) is 18.2 Å². The molecule has 1 heterocycles. The van der Waals surface area contributed by atoms with Crippen LogP contribution in [0.2, 0.25) is 0 Å². The highest BCUT2D eigenvalue weighted by molar-refractivity contribution is 5.90. The van der Waals surface area contributed by atoms with Gasteiger partial charge >= 0.3 is 5.97 Å². The summed E-state index contributed by atoms with van der Waals surface area (Å²) in [7, 11) is 0. The van der Waals surface area contributed by atoms with Crippen LogP contribution < -0.4 is 4.90 Å². The molecule has 2 aromatic rings. The zero-order valence-electron chi connectivity index (χ0n) is 17.8. The number of carboxylic acids is 1. The van der Waals surface area contributed by atoms with Crippen LogP contribution in [0.25, 0.3) is 0 Å². The molecule has 2 aromatic carbocycles. The molecule has 1 aliphatic heterocycles. The normalized spacial score (nSPS) is 18.1. The average molecular weight is 397 g/mol. The summed E-state index contributed by atoms with van der Waals surface area (Å²) in [5.74, 6) is -1.00. The molecule has 0 saturated carbocycles. The van der Waals surface area contributed by atoms with E-state index in [0.717, 1.165) is 36.2 Å². The Balaban J connectivity index is 2.01. The van der Waals surface area contributed by atoms with Crippen LogP contribution in [0.4, 0.5) is 15.8 Å². The zero-order valence-corrected chi connectivity index (χ0v) is 17.8. The molecule has 0 fully saturated rings. The molecule has 0 aliphatic carbocycles. The number of carboxylic acid groups (broad SMARTS) is 1. The lowest BCUT2D eigenvalue weighted by Crippen LogP contribution is -2.48. The van der Waals surface area contributed by atoms with Crippen molar-refractivity contribution in [3.05, 3.63) is 58.4 Å². The van der Waals surface area contributed by atoms with Gasteiger partial charge in [0.2, 0.25) is 0 Å². The van der Waals surface area contributed by atoms with Crippen molar-refractivity contribution in [2.45, 2.75) is 58.9 Å². The first-order valence-electron chi connectivity index (χ1n) is 10.1. The number of carbonyl (C=O) groups is 1. The van der Waals surface area contributed by atoms with Crippen LogP contribution in [0.1, 0.15) is 73.5 Å². The summed E-state index contributed by atoms with van der Waals surface area (Å²) in [5, 5.41) is 9.19. The van der Waals surface area contributed by atoms with Gasteiger partial charge in [0.25, 0.3) is 0 Å². The number of nitrogens with zero attached hydrogens (tertiary/aromatic N) is 2. The van der Waals surface area contributed by atoms with Gasteiger partial charge in [-0.05, 0) is 74.9 Å². The van der Waals surface area contributed by atoms with Gasteiger partial charge in [0.1, 0.15) is 5.82 Å². The zero-order chi connectivity index (χ0) is 21.3. The van der Waals surface area contributed by atoms with Crippen molar-refractivity contribution in [3.63, 3.8) is 0 Å². The lowest BCUT2D eigenvalue weighted by atomic mass is 9.79. The number of aromatic carboxylic acids is 1. The lowest BCUT2D eigenvalue weighted by Gasteiger charge is -2.47. The summed E-state index contributed by atoms with van der Waals surface area (Å²) < 4.78 is 15.0. The predicted octanol–water partition coefficient (Wildman–Crippen LogP) is 6.09. The van der Waals surface area contributed by atoms with E-state index in [4.69, 9.17) is 0 Å². The molecule has 1 aliphatic rings. The quantitative estimate of drug-likeness (QED) is 0.623. The molecule has 4 nitrogen and oxygen atoms in total. The highest BCUT2D eigenvalue weighted by atomic mass is 19.1. The molecule has 154 valence electrons. The third-order valence-electron chi connectivity index (χ3n) is 5.75. The number of rotatable bonds is 5. The summed E-state index contributed by atoms with van der Waals surface area (Å²) in [4.78, 5) is 17.9. The van der Waals surface area contributed by atoms with Gasteiger partial charge < -0.3 is 10.0 Å². The predicted molar refractivity (Wildman–Crippen MR) is 117 cm³/mol. The number of anilines is 1. The monoisotopic (exact) mass is 396 g/mol. The van der Waals surface area contributed by atoms with Crippen molar-refractivity contribution in [1.82, 2.24) is 0 Å². The second-order valence-corrected chi connectivity index (χ2v) is 8.57. The fourth-order valence-electron chi connectivity index (χ4n) is 4.29. The summed E-state index contributed by atoms with van der Waals surface area (Å²) in [6, 6.07) is 8.30. The first-order valence-corrected chi connectivity index (χ1v) is 10.1. The summed E-state index contributed by atoms with van der Waals surface area (Å²) in [5.41, 5.74) is 4.05. The number of benzene rings is 2. The Bertz CT molecular complexity index is 966. The fourth-order valence-corrected chi connectivity index (χ4v) is 4.29. The maximum atomic E-state index is 15.0. The Hall–Kier alpha value is -2.69. The number of hydrogen-bond donors (Lipinski definition) is 1. The minimum Gasteiger partial charge on any atom is -0.478 e. The Morgan fingerprint density at radius 2 is 2.07 bits per heavy atom. The van der Waals surface area contributed by atoms with Crippen LogP contribution in [0.3, 0.4) is 0 Å². The number of halogens is 1. The largest absolute Gasteiger partial charge is 0.478 e. The maximum absolute atomic E-state index is 15.0. The van der Waals surface area contributed by atoms with E-state index >= 15 is 0 Å². The highest BCUT2D eigenvalue weighted by Gasteiger charge is 2.36. The van der Waals surface area contributed by atoms with Crippen LogP contribution in [0.15, 0.2) is 35.3 Å². The first kappa shape index (κ1) is 21.0. The molecular formula is C24H29FN2O2. The SMILES string of the molecule is CCCN1c2cc(F)c(C=Nc3cc(C(=O)O)ccc3C)cc2C(C)CC1(C)C. The summed E-state index contributed by atoms with van der Waals surface area (Å²) in [6.07, 6.45) is 3.50. The van der Waals surface area contributed by atoms with Crippen LogP contribution in [0.5, 0.6) is 0 Å². The van der Waals surface area contributed by atoms with E-state index in [9.17, 15) is 14.3 Å². The smallest absolute Gasteiger partial charge is 0.335 e. The molecule has 0 aromatic heterocycles. The van der Waals surface area contributed by atoms with Crippen molar-refractivity contribution >= 4 is 23.6 Å². The van der Waals surface area contributed by atoms with Gasteiger partial charge in [-0.1, -0.05) is 19.9 Å². The molecule has 5 heteroatoms. The standard InChI is InChI=1S/C24H29FN2O2/c1-6-9-27-22-12-20(25)18(10-19(22)16(3)13-24(27,4)5)14-26-21-11-17(23(28)29)8-7-15(21)2/h7-8,10-12,14,16H,6,9,13H2,1-5H3,(H,28,29). The second kappa shape index (κ2) is 7.97. The van der Waals surface area contributed by atoms with E-state index in [0.29, 0.717) is 17.2 Å². The maximum Gasteiger partial charge on any atom is 0.335 e. The average Bonchev–Trinajstić information content (AvgIpc) is 2.64. The summed E-state index contributed by atoms with van der Waals surface area (Å²) >= 11 is 0. The Morgan fingerprint density at radius 3 is 2.72 bits per heavy atom. The van der Waals surface area contributed by atoms with E-state index in [2.05, 4.69) is 37.6 Å². The number of aliphatic imine (C=N–C) groups is 1. The Kier molecular flexibility index (Phi) is 5.78. The van der Waals surface area contributed by atoms with Gasteiger partial charge in [0, 0.05) is 29.5 Å². The minimum atomic E-state index is -1.01. The molecule has 29 heavy (non-hydrogen) atoms. The van der Waals surface area contributed by atoms with Gasteiger partial charge in [-0.25, -0.2) is 9.18 Å². The Morgan fingerprint density at radius 1 is 1.34 bits per heavy atom. The van der Waals surface area contributed by atoms with Gasteiger partial charge in [-0.2, -0.15) is 0 Å². The van der Waals surface area contributed by atoms with Crippen molar-refractivity contribution in [1.29, 1.82) is 0 Å². The molecule has 1 unspecified atom stereocenters. The van der Waals surface area contributed by atoms with E-state index in [-0.39, 0.29) is 16.9 Å². The van der Waals surface area contributed by atoms with Gasteiger partial charge in [-0.3, -0.25) is 4.99 Å². The van der Waals surface area contributed by atoms with Gasteiger partial charge in [-0.15, -0.1) is 0 Å². The topological polar surface area (TPSA) is 52.9 Å². The third kappa shape index (κ3) is 4.19. The molecular weight excluding hydrogens is 367 g/mol. The molecule has 0 amide bonds. The van der Waals surface area contributed by atoms with Crippen molar-refractivity contribution in [2.75, 3.05) is 11.4 Å². The number of hydrogen-bond acceptors (Lipinski definition) is 3.